The van der Waals surface area contributed by atoms with Gasteiger partial charge in [0.1, 0.15) is 6.04 Å². The van der Waals surface area contributed by atoms with Gasteiger partial charge in [-0.2, -0.15) is 0 Å². The van der Waals surface area contributed by atoms with E-state index in [1.165, 1.54) is 4.90 Å². The van der Waals surface area contributed by atoms with Crippen molar-refractivity contribution >= 4 is 23.6 Å². The first-order valence-electron chi connectivity index (χ1n) is 9.10. The molecule has 4 amide bonds. The molecule has 27 heavy (non-hydrogen) atoms. The fourth-order valence-corrected chi connectivity index (χ4v) is 4.37. The number of carbonyl (C=O) groups is 4. The van der Waals surface area contributed by atoms with Crippen LogP contribution in [-0.2, 0) is 20.9 Å². The van der Waals surface area contributed by atoms with Crippen molar-refractivity contribution in [2.75, 3.05) is 26.3 Å². The summed E-state index contributed by atoms with van der Waals surface area (Å²) in [5.74, 6) is -1.01. The number of nitrogens with one attached hydrogen (secondary N) is 1. The lowest BCUT2D eigenvalue weighted by Gasteiger charge is -2.54. The zero-order valence-corrected chi connectivity index (χ0v) is 14.7. The second-order valence-corrected chi connectivity index (χ2v) is 7.93. The fraction of sp³-hybridized carbons (Fsp3) is 0.474. The van der Waals surface area contributed by atoms with Crippen LogP contribution < -0.4 is 5.32 Å². The summed E-state index contributed by atoms with van der Waals surface area (Å²) in [7, 11) is 0. The third kappa shape index (κ3) is 2.47. The minimum Gasteiger partial charge on any atom is -0.380 e. The molecular formula is C19H19N3O5. The molecule has 0 radical (unpaired) electrons. The molecule has 3 saturated heterocycles. The smallest absolute Gasteiger partial charge is 0.255 e. The molecule has 8 heteroatoms. The summed E-state index contributed by atoms with van der Waals surface area (Å²) in [5, 5.41) is 2.29. The molecule has 140 valence electrons. The molecule has 5 rings (SSSR count). The van der Waals surface area contributed by atoms with Crippen LogP contribution in [0.15, 0.2) is 18.2 Å². The Morgan fingerprint density at radius 1 is 1.19 bits per heavy atom. The zero-order chi connectivity index (χ0) is 18.8. The van der Waals surface area contributed by atoms with E-state index < -0.39 is 11.9 Å². The first-order chi connectivity index (χ1) is 13.0. The van der Waals surface area contributed by atoms with Gasteiger partial charge in [-0.05, 0) is 30.2 Å². The molecule has 4 aliphatic heterocycles. The standard InChI is InChI=1S/C19H19N3O5/c23-15-4-3-14(16(24)20-15)22-6-12-5-11(1-2-13(12)18(22)26)17(25)21-7-19(8-21)9-27-10-19/h1-2,5,14H,3-4,6-10H2,(H,20,23,24). The molecule has 1 aromatic carbocycles. The van der Waals surface area contributed by atoms with Crippen LogP contribution in [0.3, 0.4) is 0 Å². The van der Waals surface area contributed by atoms with E-state index in [2.05, 4.69) is 5.32 Å². The zero-order valence-electron chi connectivity index (χ0n) is 14.7. The maximum atomic E-state index is 12.7. The van der Waals surface area contributed by atoms with E-state index in [4.69, 9.17) is 4.74 Å². The number of nitrogens with zero attached hydrogens (tertiary/aromatic N) is 2. The summed E-state index contributed by atoms with van der Waals surface area (Å²) in [4.78, 5) is 52.1. The number of fused-ring (bicyclic) bond motifs is 1. The van der Waals surface area contributed by atoms with E-state index in [1.807, 2.05) is 0 Å². The van der Waals surface area contributed by atoms with Crippen molar-refractivity contribution in [2.24, 2.45) is 5.41 Å². The number of benzene rings is 1. The van der Waals surface area contributed by atoms with Gasteiger partial charge in [-0.3, -0.25) is 24.5 Å². The molecule has 8 nitrogen and oxygen atoms in total. The number of rotatable bonds is 2. The van der Waals surface area contributed by atoms with Gasteiger partial charge in [0.25, 0.3) is 11.8 Å². The van der Waals surface area contributed by atoms with Gasteiger partial charge in [0, 0.05) is 37.2 Å². The van der Waals surface area contributed by atoms with Gasteiger partial charge in [-0.15, -0.1) is 0 Å². The summed E-state index contributed by atoms with van der Waals surface area (Å²) < 4.78 is 5.24. The van der Waals surface area contributed by atoms with E-state index in [0.717, 1.165) is 18.8 Å². The Kier molecular flexibility index (Phi) is 3.42. The van der Waals surface area contributed by atoms with Crippen LogP contribution in [0.4, 0.5) is 0 Å². The van der Waals surface area contributed by atoms with Crippen LogP contribution in [0.2, 0.25) is 0 Å². The van der Waals surface area contributed by atoms with E-state index in [1.54, 1.807) is 23.1 Å². The molecule has 4 heterocycles. The van der Waals surface area contributed by atoms with Gasteiger partial charge >= 0.3 is 0 Å². The van der Waals surface area contributed by atoms with Crippen LogP contribution in [0.25, 0.3) is 0 Å². The summed E-state index contributed by atoms with van der Waals surface area (Å²) in [6, 6.07) is 4.45. The summed E-state index contributed by atoms with van der Waals surface area (Å²) >= 11 is 0. The second-order valence-electron chi connectivity index (χ2n) is 7.93. The third-order valence-electron chi connectivity index (χ3n) is 5.93. The highest BCUT2D eigenvalue weighted by Gasteiger charge is 2.50. The highest BCUT2D eigenvalue weighted by molar-refractivity contribution is 6.06. The van der Waals surface area contributed by atoms with Gasteiger partial charge < -0.3 is 14.5 Å². The Balaban J connectivity index is 1.32. The van der Waals surface area contributed by atoms with Crippen molar-refractivity contribution < 1.29 is 23.9 Å². The van der Waals surface area contributed by atoms with Crippen molar-refractivity contribution in [3.8, 4) is 0 Å². The van der Waals surface area contributed by atoms with Crippen LogP contribution in [0.1, 0.15) is 39.1 Å². The molecule has 0 aromatic heterocycles. The summed E-state index contributed by atoms with van der Waals surface area (Å²) in [5.41, 5.74) is 1.98. The first kappa shape index (κ1) is 16.4. The Morgan fingerprint density at radius 3 is 2.63 bits per heavy atom. The molecule has 0 aliphatic carbocycles. The Hall–Kier alpha value is -2.74. The van der Waals surface area contributed by atoms with Crippen molar-refractivity contribution in [3.63, 3.8) is 0 Å². The number of hydrogen-bond donors (Lipinski definition) is 1. The molecule has 0 bridgehead atoms. The SMILES string of the molecule is O=C1CCC(N2Cc3cc(C(=O)N4CC5(COC5)C4)ccc3C2=O)C(=O)N1. The van der Waals surface area contributed by atoms with E-state index in [9.17, 15) is 19.2 Å². The number of carbonyl (C=O) groups excluding carboxylic acids is 4. The number of hydrogen-bond acceptors (Lipinski definition) is 5. The highest BCUT2D eigenvalue weighted by atomic mass is 16.5. The van der Waals surface area contributed by atoms with Crippen LogP contribution in [-0.4, -0.2) is 65.8 Å². The van der Waals surface area contributed by atoms with Crippen LogP contribution in [0.5, 0.6) is 0 Å². The molecule has 1 spiro atoms. The van der Waals surface area contributed by atoms with Gasteiger partial charge in [0.05, 0.1) is 18.6 Å². The molecule has 1 N–H and O–H groups in total. The third-order valence-corrected chi connectivity index (χ3v) is 5.93. The summed E-state index contributed by atoms with van der Waals surface area (Å²) in [6.45, 7) is 3.14. The molecule has 0 saturated carbocycles. The van der Waals surface area contributed by atoms with Crippen molar-refractivity contribution in [2.45, 2.75) is 25.4 Å². The minimum atomic E-state index is -0.643. The largest absolute Gasteiger partial charge is 0.380 e. The number of imide groups is 1. The second kappa shape index (κ2) is 5.63. The number of likely N-dealkylation sites (tertiary alicyclic amines) is 1. The Labute approximate surface area is 155 Å². The monoisotopic (exact) mass is 369 g/mol. The molecule has 1 unspecified atom stereocenters. The average Bonchev–Trinajstić information content (AvgIpc) is 2.88. The first-order valence-corrected chi connectivity index (χ1v) is 9.10. The predicted molar refractivity (Wildman–Crippen MR) is 91.6 cm³/mol. The van der Waals surface area contributed by atoms with Crippen molar-refractivity contribution in [3.05, 3.63) is 34.9 Å². The molecular weight excluding hydrogens is 350 g/mol. The summed E-state index contributed by atoms with van der Waals surface area (Å²) in [6.07, 6.45) is 0.550. The lowest BCUT2D eigenvalue weighted by atomic mass is 9.77. The van der Waals surface area contributed by atoms with Crippen molar-refractivity contribution in [1.29, 1.82) is 0 Å². The number of amides is 4. The van der Waals surface area contributed by atoms with Gasteiger partial charge in [-0.1, -0.05) is 0 Å². The predicted octanol–water partition coefficient (Wildman–Crippen LogP) is -0.0800. The van der Waals surface area contributed by atoms with E-state index in [0.29, 0.717) is 30.6 Å². The normalized spacial score (nSPS) is 25.8. The maximum Gasteiger partial charge on any atom is 0.255 e. The quantitative estimate of drug-likeness (QED) is 0.736. The van der Waals surface area contributed by atoms with E-state index in [-0.39, 0.29) is 36.1 Å². The minimum absolute atomic E-state index is 0.0396. The molecule has 1 aromatic rings. The van der Waals surface area contributed by atoms with E-state index >= 15 is 0 Å². The fourth-order valence-electron chi connectivity index (χ4n) is 4.37. The Bertz CT molecular complexity index is 883. The van der Waals surface area contributed by atoms with Crippen LogP contribution in [0, 0.1) is 5.41 Å². The van der Waals surface area contributed by atoms with Crippen molar-refractivity contribution in [1.82, 2.24) is 15.1 Å². The molecule has 1 atom stereocenters. The Morgan fingerprint density at radius 2 is 1.96 bits per heavy atom. The molecule has 4 aliphatic rings. The van der Waals surface area contributed by atoms with Gasteiger partial charge in [-0.25, -0.2) is 0 Å². The average molecular weight is 369 g/mol. The topological polar surface area (TPSA) is 96.0 Å². The van der Waals surface area contributed by atoms with Gasteiger partial charge in [0.2, 0.25) is 11.8 Å². The number of piperidine rings is 1. The lowest BCUT2D eigenvalue weighted by Crippen LogP contribution is -2.67. The van der Waals surface area contributed by atoms with Crippen LogP contribution >= 0.6 is 0 Å². The van der Waals surface area contributed by atoms with Gasteiger partial charge in [0.15, 0.2) is 0 Å². The molecule has 3 fully saturated rings. The maximum absolute atomic E-state index is 12.7. The highest BCUT2D eigenvalue weighted by Crippen LogP contribution is 2.38. The number of ether oxygens (including phenoxy) is 1. The lowest BCUT2D eigenvalue weighted by molar-refractivity contribution is -0.176.